The maximum atomic E-state index is 13.4. The number of hydrogen-bond donors (Lipinski definition) is 1. The lowest BCUT2D eigenvalue weighted by Gasteiger charge is -2.35. The summed E-state index contributed by atoms with van der Waals surface area (Å²) in [6.07, 6.45) is 2.17. The lowest BCUT2D eigenvalue weighted by atomic mass is 10.0. The van der Waals surface area contributed by atoms with E-state index in [1.165, 1.54) is 23.5 Å². The van der Waals surface area contributed by atoms with Crippen molar-refractivity contribution in [1.82, 2.24) is 10.3 Å². The van der Waals surface area contributed by atoms with Gasteiger partial charge in [0, 0.05) is 30.1 Å². The highest BCUT2D eigenvalue weighted by atomic mass is 32.1. The highest BCUT2D eigenvalue weighted by Gasteiger charge is 2.23. The highest BCUT2D eigenvalue weighted by molar-refractivity contribution is 7.13. The van der Waals surface area contributed by atoms with Crippen molar-refractivity contribution in [2.24, 2.45) is 0 Å². The fourth-order valence-corrected chi connectivity index (χ4v) is 4.61. The van der Waals surface area contributed by atoms with Crippen LogP contribution in [0.1, 0.15) is 18.5 Å². The third-order valence-electron chi connectivity index (χ3n) is 5.18. The van der Waals surface area contributed by atoms with Gasteiger partial charge in [0.1, 0.15) is 16.6 Å². The molecular formula is C23H24FN3O2S. The van der Waals surface area contributed by atoms with Crippen molar-refractivity contribution in [3.8, 4) is 16.3 Å². The average molecular weight is 426 g/mol. The van der Waals surface area contributed by atoms with Gasteiger partial charge in [-0.3, -0.25) is 4.79 Å². The molecule has 2 heterocycles. The standard InChI is InChI=1S/C23H24FN3O2S/c1-29-21-10-3-2-9-20(21)27-11-5-8-18(14-27)25-22(28)13-19-15-30-23(26-19)16-6-4-7-17(24)12-16/h2-4,6-7,9-10,12,15,18H,5,8,11,13-14H2,1H3,(H,25,28). The molecular weight excluding hydrogens is 401 g/mol. The Bertz CT molecular complexity index is 1020. The number of ether oxygens (including phenoxy) is 1. The second kappa shape index (κ2) is 9.26. The molecule has 30 heavy (non-hydrogen) atoms. The minimum Gasteiger partial charge on any atom is -0.495 e. The molecule has 0 aliphatic carbocycles. The zero-order chi connectivity index (χ0) is 20.9. The summed E-state index contributed by atoms with van der Waals surface area (Å²) >= 11 is 1.42. The van der Waals surface area contributed by atoms with E-state index < -0.39 is 0 Å². The summed E-state index contributed by atoms with van der Waals surface area (Å²) in [5, 5.41) is 5.73. The fraction of sp³-hybridized carbons (Fsp3) is 0.304. The summed E-state index contributed by atoms with van der Waals surface area (Å²) in [5.74, 6) is 0.508. The maximum Gasteiger partial charge on any atom is 0.226 e. The van der Waals surface area contributed by atoms with E-state index in [-0.39, 0.29) is 24.2 Å². The van der Waals surface area contributed by atoms with Gasteiger partial charge in [0.15, 0.2) is 0 Å². The number of nitrogens with one attached hydrogen (secondary N) is 1. The minimum atomic E-state index is -0.293. The number of thiazole rings is 1. The monoisotopic (exact) mass is 425 g/mol. The molecule has 2 aromatic carbocycles. The Kier molecular flexibility index (Phi) is 6.28. The van der Waals surface area contributed by atoms with E-state index in [0.717, 1.165) is 47.9 Å². The lowest BCUT2D eigenvalue weighted by molar-refractivity contribution is -0.121. The zero-order valence-electron chi connectivity index (χ0n) is 16.8. The Morgan fingerprint density at radius 2 is 2.17 bits per heavy atom. The quantitative estimate of drug-likeness (QED) is 0.640. The number of aromatic nitrogens is 1. The van der Waals surface area contributed by atoms with E-state index in [1.807, 2.05) is 35.7 Å². The predicted molar refractivity (Wildman–Crippen MR) is 118 cm³/mol. The first-order valence-electron chi connectivity index (χ1n) is 10.00. The van der Waals surface area contributed by atoms with Gasteiger partial charge in [0.25, 0.3) is 0 Å². The van der Waals surface area contributed by atoms with Crippen LogP contribution in [0.2, 0.25) is 0 Å². The van der Waals surface area contributed by atoms with Gasteiger partial charge in [-0.25, -0.2) is 9.37 Å². The number of hydrogen-bond acceptors (Lipinski definition) is 5. The molecule has 5 nitrogen and oxygen atoms in total. The summed E-state index contributed by atoms with van der Waals surface area (Å²) in [6.45, 7) is 1.69. The first-order valence-corrected chi connectivity index (χ1v) is 10.9. The second-order valence-corrected chi connectivity index (χ2v) is 8.21. The largest absolute Gasteiger partial charge is 0.495 e. The normalized spacial score (nSPS) is 16.3. The van der Waals surface area contributed by atoms with Gasteiger partial charge in [0.2, 0.25) is 5.91 Å². The number of methoxy groups -OCH3 is 1. The number of benzene rings is 2. The van der Waals surface area contributed by atoms with Crippen molar-refractivity contribution in [2.75, 3.05) is 25.1 Å². The third kappa shape index (κ3) is 4.79. The van der Waals surface area contributed by atoms with Crippen LogP contribution in [0, 0.1) is 5.82 Å². The molecule has 0 spiro atoms. The van der Waals surface area contributed by atoms with Crippen LogP contribution in [0.25, 0.3) is 10.6 Å². The molecule has 0 bridgehead atoms. The van der Waals surface area contributed by atoms with E-state index >= 15 is 0 Å². The summed E-state index contributed by atoms with van der Waals surface area (Å²) in [5.41, 5.74) is 2.48. The SMILES string of the molecule is COc1ccccc1N1CCCC(NC(=O)Cc2csc(-c3cccc(F)c3)n2)C1. The topological polar surface area (TPSA) is 54.5 Å². The van der Waals surface area contributed by atoms with Crippen LogP contribution in [0.3, 0.4) is 0 Å². The molecule has 7 heteroatoms. The number of rotatable bonds is 6. The summed E-state index contributed by atoms with van der Waals surface area (Å²) in [4.78, 5) is 19.4. The minimum absolute atomic E-state index is 0.0435. The smallest absolute Gasteiger partial charge is 0.226 e. The molecule has 1 unspecified atom stereocenters. The zero-order valence-corrected chi connectivity index (χ0v) is 17.6. The van der Waals surface area contributed by atoms with E-state index in [0.29, 0.717) is 5.69 Å². The van der Waals surface area contributed by atoms with Crippen LogP contribution in [0.4, 0.5) is 10.1 Å². The Labute approximate surface area is 179 Å². The van der Waals surface area contributed by atoms with E-state index in [1.54, 1.807) is 13.2 Å². The number of halogens is 1. The molecule has 1 saturated heterocycles. The van der Waals surface area contributed by atoms with Crippen LogP contribution < -0.4 is 15.0 Å². The molecule has 1 amide bonds. The van der Waals surface area contributed by atoms with Gasteiger partial charge in [-0.1, -0.05) is 24.3 Å². The van der Waals surface area contributed by atoms with Gasteiger partial charge in [-0.2, -0.15) is 0 Å². The van der Waals surface area contributed by atoms with Crippen molar-refractivity contribution in [3.05, 3.63) is 65.4 Å². The third-order valence-corrected chi connectivity index (χ3v) is 6.12. The molecule has 1 aromatic heterocycles. The van der Waals surface area contributed by atoms with E-state index in [4.69, 9.17) is 4.74 Å². The Morgan fingerprint density at radius 3 is 3.00 bits per heavy atom. The lowest BCUT2D eigenvalue weighted by Crippen LogP contribution is -2.48. The van der Waals surface area contributed by atoms with Crippen LogP contribution in [0.5, 0.6) is 5.75 Å². The van der Waals surface area contributed by atoms with Gasteiger partial charge in [0.05, 0.1) is 24.9 Å². The van der Waals surface area contributed by atoms with Crippen molar-refractivity contribution in [2.45, 2.75) is 25.3 Å². The van der Waals surface area contributed by atoms with Crippen LogP contribution in [0.15, 0.2) is 53.9 Å². The molecule has 1 aliphatic rings. The van der Waals surface area contributed by atoms with Crippen molar-refractivity contribution in [3.63, 3.8) is 0 Å². The number of piperidine rings is 1. The molecule has 3 aromatic rings. The van der Waals surface area contributed by atoms with Crippen molar-refractivity contribution >= 4 is 22.9 Å². The number of para-hydroxylation sites is 2. The van der Waals surface area contributed by atoms with E-state index in [9.17, 15) is 9.18 Å². The Hall–Kier alpha value is -2.93. The molecule has 1 atom stereocenters. The van der Waals surface area contributed by atoms with Gasteiger partial charge in [-0.05, 0) is 37.1 Å². The van der Waals surface area contributed by atoms with E-state index in [2.05, 4.69) is 15.2 Å². The fourth-order valence-electron chi connectivity index (χ4n) is 3.79. The Morgan fingerprint density at radius 1 is 1.30 bits per heavy atom. The number of amides is 1. The van der Waals surface area contributed by atoms with Crippen LogP contribution >= 0.6 is 11.3 Å². The summed E-state index contributed by atoms with van der Waals surface area (Å²) < 4.78 is 18.9. The molecule has 156 valence electrons. The van der Waals surface area contributed by atoms with Crippen LogP contribution in [-0.4, -0.2) is 37.1 Å². The Balaban J connectivity index is 1.36. The van der Waals surface area contributed by atoms with Gasteiger partial charge >= 0.3 is 0 Å². The predicted octanol–water partition coefficient (Wildman–Crippen LogP) is 4.29. The first kappa shape index (κ1) is 20.3. The first-order chi connectivity index (χ1) is 14.6. The molecule has 0 saturated carbocycles. The van der Waals surface area contributed by atoms with Crippen molar-refractivity contribution in [1.29, 1.82) is 0 Å². The van der Waals surface area contributed by atoms with Gasteiger partial charge in [-0.15, -0.1) is 11.3 Å². The highest BCUT2D eigenvalue weighted by Crippen LogP contribution is 2.30. The number of carbonyl (C=O) groups excluding carboxylic acids is 1. The number of nitrogens with zero attached hydrogens (tertiary/aromatic N) is 2. The summed E-state index contributed by atoms with van der Waals surface area (Å²) in [6, 6.07) is 14.4. The summed E-state index contributed by atoms with van der Waals surface area (Å²) in [7, 11) is 1.67. The molecule has 1 N–H and O–H groups in total. The van der Waals surface area contributed by atoms with Gasteiger partial charge < -0.3 is 15.0 Å². The molecule has 0 radical (unpaired) electrons. The second-order valence-electron chi connectivity index (χ2n) is 7.36. The maximum absolute atomic E-state index is 13.4. The molecule has 1 aliphatic heterocycles. The molecule has 4 rings (SSSR count). The molecule has 1 fully saturated rings. The number of carbonyl (C=O) groups is 1. The van der Waals surface area contributed by atoms with Crippen LogP contribution in [-0.2, 0) is 11.2 Å². The average Bonchev–Trinajstić information content (AvgIpc) is 3.22. The van der Waals surface area contributed by atoms with Crippen molar-refractivity contribution < 1.29 is 13.9 Å². The number of anilines is 1.